The average Bonchev–Trinajstić information content (AvgIpc) is 2.37. The molecule has 1 N–H and O–H groups in total. The van der Waals surface area contributed by atoms with E-state index in [1.165, 1.54) is 0 Å². The number of nitrogens with one attached hydrogen (secondary N) is 1. The minimum atomic E-state index is 0.417. The van der Waals surface area contributed by atoms with Crippen LogP contribution in [-0.4, -0.2) is 28.7 Å². The predicted molar refractivity (Wildman–Crippen MR) is 71.6 cm³/mol. The van der Waals surface area contributed by atoms with Gasteiger partial charge in [-0.15, -0.1) is 0 Å². The number of para-hydroxylation sites is 1. The summed E-state index contributed by atoms with van der Waals surface area (Å²) in [6.45, 7) is 2.84. The molecular formula is C14H17N3O. The van der Waals surface area contributed by atoms with Gasteiger partial charge in [-0.3, -0.25) is 0 Å². The molecule has 0 saturated heterocycles. The fraction of sp³-hybridized carbons (Fsp3) is 0.429. The zero-order chi connectivity index (χ0) is 12.4. The molecule has 1 saturated carbocycles. The molecule has 0 spiro atoms. The summed E-state index contributed by atoms with van der Waals surface area (Å²) in [7, 11) is 0. The van der Waals surface area contributed by atoms with Gasteiger partial charge in [-0.2, -0.15) is 0 Å². The van der Waals surface area contributed by atoms with E-state index in [1.54, 1.807) is 6.33 Å². The number of hydrogen-bond donors (Lipinski definition) is 1. The summed E-state index contributed by atoms with van der Waals surface area (Å²) >= 11 is 0. The molecule has 1 aromatic heterocycles. The molecule has 94 valence electrons. The Labute approximate surface area is 106 Å². The molecule has 4 heteroatoms. The van der Waals surface area contributed by atoms with Crippen molar-refractivity contribution < 1.29 is 4.74 Å². The molecule has 1 heterocycles. The van der Waals surface area contributed by atoms with Crippen molar-refractivity contribution >= 4 is 16.7 Å². The molecular weight excluding hydrogens is 226 g/mol. The first-order valence-electron chi connectivity index (χ1n) is 6.44. The van der Waals surface area contributed by atoms with E-state index in [1.807, 2.05) is 25.1 Å². The molecule has 1 fully saturated rings. The van der Waals surface area contributed by atoms with Crippen LogP contribution in [0, 0.1) is 0 Å². The lowest BCUT2D eigenvalue weighted by Gasteiger charge is -2.35. The van der Waals surface area contributed by atoms with E-state index in [0.717, 1.165) is 36.2 Å². The minimum Gasteiger partial charge on any atom is -0.378 e. The molecule has 0 amide bonds. The number of benzene rings is 1. The van der Waals surface area contributed by atoms with Gasteiger partial charge in [0.1, 0.15) is 12.1 Å². The van der Waals surface area contributed by atoms with Gasteiger partial charge in [-0.05, 0) is 31.9 Å². The Morgan fingerprint density at radius 1 is 1.28 bits per heavy atom. The van der Waals surface area contributed by atoms with Gasteiger partial charge in [0.2, 0.25) is 0 Å². The van der Waals surface area contributed by atoms with Crippen LogP contribution in [0.4, 0.5) is 5.82 Å². The molecule has 1 aliphatic rings. The van der Waals surface area contributed by atoms with Gasteiger partial charge in [-0.25, -0.2) is 9.97 Å². The molecule has 3 rings (SSSR count). The molecule has 0 radical (unpaired) electrons. The first-order valence-corrected chi connectivity index (χ1v) is 6.44. The van der Waals surface area contributed by atoms with Gasteiger partial charge >= 0.3 is 0 Å². The van der Waals surface area contributed by atoms with Crippen molar-refractivity contribution in [3.8, 4) is 0 Å². The maximum Gasteiger partial charge on any atom is 0.137 e. The van der Waals surface area contributed by atoms with E-state index in [9.17, 15) is 0 Å². The van der Waals surface area contributed by atoms with E-state index in [-0.39, 0.29) is 0 Å². The van der Waals surface area contributed by atoms with E-state index in [4.69, 9.17) is 4.74 Å². The monoisotopic (exact) mass is 243 g/mol. The fourth-order valence-electron chi connectivity index (χ4n) is 2.37. The summed E-state index contributed by atoms with van der Waals surface area (Å²) in [4.78, 5) is 8.60. The standard InChI is InChI=1S/C14H17N3O/c1-2-18-11-7-10(8-11)17-14-12-5-3-4-6-13(12)15-9-16-14/h3-6,9-11H,2,7-8H2,1H3,(H,15,16,17). The van der Waals surface area contributed by atoms with Crippen LogP contribution in [0.2, 0.25) is 0 Å². The average molecular weight is 243 g/mol. The summed E-state index contributed by atoms with van der Waals surface area (Å²) in [5.41, 5.74) is 0.982. The smallest absolute Gasteiger partial charge is 0.137 e. The number of aromatic nitrogens is 2. The number of ether oxygens (including phenoxy) is 1. The van der Waals surface area contributed by atoms with Crippen LogP contribution in [0.15, 0.2) is 30.6 Å². The van der Waals surface area contributed by atoms with Crippen molar-refractivity contribution in [1.29, 1.82) is 0 Å². The minimum absolute atomic E-state index is 0.417. The Bertz CT molecular complexity index is 532. The number of fused-ring (bicyclic) bond motifs is 1. The Hall–Kier alpha value is -1.68. The highest BCUT2D eigenvalue weighted by Gasteiger charge is 2.29. The van der Waals surface area contributed by atoms with Crippen LogP contribution in [0.3, 0.4) is 0 Å². The van der Waals surface area contributed by atoms with Gasteiger partial charge in [0, 0.05) is 18.0 Å². The lowest BCUT2D eigenvalue weighted by Crippen LogP contribution is -2.41. The first kappa shape index (κ1) is 11.4. The van der Waals surface area contributed by atoms with Crippen molar-refractivity contribution in [2.24, 2.45) is 0 Å². The van der Waals surface area contributed by atoms with Crippen molar-refractivity contribution in [2.45, 2.75) is 31.9 Å². The van der Waals surface area contributed by atoms with Crippen LogP contribution in [0.1, 0.15) is 19.8 Å². The predicted octanol–water partition coefficient (Wildman–Crippen LogP) is 2.61. The van der Waals surface area contributed by atoms with Crippen LogP contribution in [-0.2, 0) is 4.74 Å². The number of rotatable bonds is 4. The van der Waals surface area contributed by atoms with Crippen LogP contribution in [0.5, 0.6) is 0 Å². The van der Waals surface area contributed by atoms with Crippen LogP contribution in [0.25, 0.3) is 10.9 Å². The Morgan fingerprint density at radius 3 is 2.94 bits per heavy atom. The highest BCUT2D eigenvalue weighted by molar-refractivity contribution is 5.88. The third-order valence-electron chi connectivity index (χ3n) is 3.38. The second kappa shape index (κ2) is 4.90. The van der Waals surface area contributed by atoms with Gasteiger partial charge in [0.05, 0.1) is 11.6 Å². The van der Waals surface area contributed by atoms with Gasteiger partial charge in [0.25, 0.3) is 0 Å². The highest BCUT2D eigenvalue weighted by atomic mass is 16.5. The number of hydrogen-bond acceptors (Lipinski definition) is 4. The van der Waals surface area contributed by atoms with Gasteiger partial charge in [0.15, 0.2) is 0 Å². The summed E-state index contributed by atoms with van der Waals surface area (Å²) in [5.74, 6) is 0.931. The zero-order valence-electron chi connectivity index (χ0n) is 10.5. The Balaban J connectivity index is 1.72. The SMILES string of the molecule is CCOC1CC(Nc2ncnc3ccccc23)C1. The van der Waals surface area contributed by atoms with Crippen molar-refractivity contribution in [3.63, 3.8) is 0 Å². The van der Waals surface area contributed by atoms with Crippen molar-refractivity contribution in [1.82, 2.24) is 9.97 Å². The first-order chi connectivity index (χ1) is 8.86. The van der Waals surface area contributed by atoms with Crippen molar-refractivity contribution in [3.05, 3.63) is 30.6 Å². The second-order valence-electron chi connectivity index (χ2n) is 4.63. The molecule has 0 aliphatic heterocycles. The quantitative estimate of drug-likeness (QED) is 0.896. The molecule has 1 aromatic carbocycles. The Morgan fingerprint density at radius 2 is 2.11 bits per heavy atom. The van der Waals surface area contributed by atoms with Crippen LogP contribution < -0.4 is 5.32 Å². The molecule has 0 atom stereocenters. The maximum atomic E-state index is 5.56. The molecule has 0 bridgehead atoms. The summed E-state index contributed by atoms with van der Waals surface area (Å²) in [6, 6.07) is 8.54. The Kier molecular flexibility index (Phi) is 3.11. The van der Waals surface area contributed by atoms with E-state index >= 15 is 0 Å². The third kappa shape index (κ3) is 2.16. The molecule has 1 aliphatic carbocycles. The molecule has 4 nitrogen and oxygen atoms in total. The van der Waals surface area contributed by atoms with Gasteiger partial charge < -0.3 is 10.1 Å². The third-order valence-corrected chi connectivity index (χ3v) is 3.38. The van der Waals surface area contributed by atoms with Crippen molar-refractivity contribution in [2.75, 3.05) is 11.9 Å². The molecule has 0 unspecified atom stereocenters. The number of nitrogens with zero attached hydrogens (tertiary/aromatic N) is 2. The van der Waals surface area contributed by atoms with Gasteiger partial charge in [-0.1, -0.05) is 12.1 Å². The summed E-state index contributed by atoms with van der Waals surface area (Å²) < 4.78 is 5.56. The van der Waals surface area contributed by atoms with E-state index < -0.39 is 0 Å². The number of anilines is 1. The molecule has 2 aromatic rings. The lowest BCUT2D eigenvalue weighted by atomic mass is 9.89. The van der Waals surface area contributed by atoms with Crippen LogP contribution >= 0.6 is 0 Å². The molecule has 18 heavy (non-hydrogen) atoms. The normalized spacial score (nSPS) is 22.7. The lowest BCUT2D eigenvalue weighted by molar-refractivity contribution is 0.00295. The van der Waals surface area contributed by atoms with E-state index in [2.05, 4.69) is 21.4 Å². The van der Waals surface area contributed by atoms with E-state index in [0.29, 0.717) is 12.1 Å². The summed E-state index contributed by atoms with van der Waals surface area (Å²) in [5, 5.41) is 4.56. The topological polar surface area (TPSA) is 47.0 Å². The zero-order valence-corrected chi connectivity index (χ0v) is 10.5. The summed E-state index contributed by atoms with van der Waals surface area (Å²) in [6.07, 6.45) is 4.16. The second-order valence-corrected chi connectivity index (χ2v) is 4.63. The highest BCUT2D eigenvalue weighted by Crippen LogP contribution is 2.28. The largest absolute Gasteiger partial charge is 0.378 e. The fourth-order valence-corrected chi connectivity index (χ4v) is 2.37. The maximum absolute atomic E-state index is 5.56.